The molecule has 0 aliphatic carbocycles. The maximum absolute atomic E-state index is 7.70. The van der Waals surface area contributed by atoms with E-state index in [1.807, 2.05) is 0 Å². The summed E-state index contributed by atoms with van der Waals surface area (Å²) in [7, 11) is 0. The Morgan fingerprint density at radius 1 is 0.258 bits per heavy atom. The van der Waals surface area contributed by atoms with Crippen molar-refractivity contribution in [1.82, 2.24) is 0 Å². The maximum atomic E-state index is 7.70. The van der Waals surface area contributed by atoms with Crippen LogP contribution in [0.25, 0.3) is 0 Å². The molecule has 4 heteroatoms. The van der Waals surface area contributed by atoms with Crippen LogP contribution in [-0.4, -0.2) is 34.5 Å². The molecular formula is C58H118O4. The number of unbranched alkanes of at least 4 members (excludes halogenated alkanes) is 29. The van der Waals surface area contributed by atoms with Crippen LogP contribution in [0.1, 0.15) is 340 Å². The number of rotatable bonds is 48. The van der Waals surface area contributed by atoms with Gasteiger partial charge in [-0.2, -0.15) is 0 Å². The first-order valence-corrected chi connectivity index (χ1v) is 28.3. The summed E-state index contributed by atoms with van der Waals surface area (Å²) in [5.41, 5.74) is -1.66. The fourth-order valence-corrected chi connectivity index (χ4v) is 9.46. The zero-order chi connectivity index (χ0) is 46.5. The van der Waals surface area contributed by atoms with E-state index in [1.54, 1.807) is 0 Å². The highest BCUT2D eigenvalue weighted by atomic mass is 16.9. The predicted molar refractivity (Wildman–Crippen MR) is 276 cm³/mol. The largest absolute Gasteiger partial charge is 0.364 e. The first-order valence-electron chi connectivity index (χ1n) is 28.3. The predicted octanol–water partition coefficient (Wildman–Crippen LogP) is 20.5. The molecule has 0 saturated carbocycles. The van der Waals surface area contributed by atoms with Gasteiger partial charge in [0.15, 0.2) is 0 Å². The second kappa shape index (κ2) is 37.9. The van der Waals surface area contributed by atoms with Crippen molar-refractivity contribution in [2.24, 2.45) is 0 Å². The van der Waals surface area contributed by atoms with Crippen molar-refractivity contribution in [1.29, 1.82) is 0 Å². The molecule has 0 aromatic heterocycles. The molecule has 62 heavy (non-hydrogen) atoms. The summed E-state index contributed by atoms with van der Waals surface area (Å²) in [5, 5.41) is 0. The Kier molecular flexibility index (Phi) is 37.8. The lowest BCUT2D eigenvalue weighted by Crippen LogP contribution is -2.62. The van der Waals surface area contributed by atoms with Gasteiger partial charge in [0, 0.05) is 0 Å². The standard InChI is InChI=1S/C58H118O4/c1-14-19-24-29-34-39-44-49-54(6,7)59-53(48-43-38-33-28-23-18-5)58(60-55(8,9)50-45-40-35-30-25-20-15-2,61-56(10,11)51-46-41-36-31-26-21-16-3)62-57(12,13)52-47-42-37-32-27-22-17-4/h53H,14-52H2,1-13H3. The zero-order valence-electron chi connectivity index (χ0n) is 45.3. The smallest absolute Gasteiger partial charge is 0.312 e. The van der Waals surface area contributed by atoms with Gasteiger partial charge in [-0.05, 0) is 87.5 Å². The second-order valence-electron chi connectivity index (χ2n) is 22.6. The number of hydrogen-bond acceptors (Lipinski definition) is 4. The van der Waals surface area contributed by atoms with E-state index in [4.69, 9.17) is 18.9 Å². The van der Waals surface area contributed by atoms with Crippen molar-refractivity contribution in [2.75, 3.05) is 0 Å². The molecule has 0 heterocycles. The van der Waals surface area contributed by atoms with Gasteiger partial charge in [-0.15, -0.1) is 0 Å². The maximum Gasteiger partial charge on any atom is 0.312 e. The Morgan fingerprint density at radius 3 is 0.726 bits per heavy atom. The van der Waals surface area contributed by atoms with Crippen LogP contribution in [0, 0.1) is 0 Å². The van der Waals surface area contributed by atoms with Gasteiger partial charge in [0.05, 0.1) is 22.4 Å². The van der Waals surface area contributed by atoms with Crippen LogP contribution in [0.5, 0.6) is 0 Å². The Balaban J connectivity index is 6.98. The lowest BCUT2D eigenvalue weighted by Gasteiger charge is -2.51. The Morgan fingerprint density at radius 2 is 0.468 bits per heavy atom. The van der Waals surface area contributed by atoms with Gasteiger partial charge in [0.1, 0.15) is 6.10 Å². The van der Waals surface area contributed by atoms with E-state index in [0.717, 1.165) is 57.8 Å². The molecule has 1 atom stereocenters. The van der Waals surface area contributed by atoms with Crippen LogP contribution in [0.2, 0.25) is 0 Å². The van der Waals surface area contributed by atoms with Gasteiger partial charge >= 0.3 is 5.97 Å². The molecule has 0 aromatic rings. The van der Waals surface area contributed by atoms with Crippen LogP contribution in [0.3, 0.4) is 0 Å². The van der Waals surface area contributed by atoms with Crippen LogP contribution >= 0.6 is 0 Å². The number of ether oxygens (including phenoxy) is 4. The van der Waals surface area contributed by atoms with Gasteiger partial charge in [-0.25, -0.2) is 0 Å². The van der Waals surface area contributed by atoms with E-state index < -0.39 is 22.8 Å². The highest BCUT2D eigenvalue weighted by Gasteiger charge is 2.54. The average Bonchev–Trinajstić information content (AvgIpc) is 3.19. The lowest BCUT2D eigenvalue weighted by molar-refractivity contribution is -0.486. The second-order valence-corrected chi connectivity index (χ2v) is 22.6. The van der Waals surface area contributed by atoms with Crippen molar-refractivity contribution in [3.63, 3.8) is 0 Å². The molecule has 0 aromatic carbocycles. The molecule has 0 N–H and O–H groups in total. The summed E-state index contributed by atoms with van der Waals surface area (Å²) in [6.45, 7) is 30.1. The third kappa shape index (κ3) is 35.1. The van der Waals surface area contributed by atoms with E-state index >= 15 is 0 Å². The van der Waals surface area contributed by atoms with Crippen molar-refractivity contribution in [3.05, 3.63) is 0 Å². The quantitative estimate of drug-likeness (QED) is 0.0451. The Hall–Kier alpha value is -0.160. The Bertz CT molecular complexity index is 874. The van der Waals surface area contributed by atoms with E-state index in [2.05, 4.69) is 90.0 Å². The number of hydrogen-bond donors (Lipinski definition) is 0. The first kappa shape index (κ1) is 61.8. The van der Waals surface area contributed by atoms with Crippen LogP contribution in [-0.2, 0) is 18.9 Å². The molecule has 374 valence electrons. The fourth-order valence-electron chi connectivity index (χ4n) is 9.46. The van der Waals surface area contributed by atoms with Crippen molar-refractivity contribution in [3.8, 4) is 0 Å². The van der Waals surface area contributed by atoms with Crippen molar-refractivity contribution in [2.45, 2.75) is 375 Å². The first-order chi connectivity index (χ1) is 29.5. The SMILES string of the molecule is CCCCCCCCCC(C)(C)OC(CCCCCCCC)C(OC(C)(C)CCCCCCCCC)(OC(C)(C)CCCCCCCCC)OC(C)(C)CCCCCCCCC. The minimum atomic E-state index is -1.33. The zero-order valence-corrected chi connectivity index (χ0v) is 45.3. The summed E-state index contributed by atoms with van der Waals surface area (Å²) >= 11 is 0. The monoisotopic (exact) mass is 879 g/mol. The van der Waals surface area contributed by atoms with Crippen LogP contribution in [0.4, 0.5) is 0 Å². The third-order valence-corrected chi connectivity index (χ3v) is 13.5. The molecule has 0 radical (unpaired) electrons. The molecule has 0 rings (SSSR count). The summed E-state index contributed by atoms with van der Waals surface area (Å²) in [6.07, 6.45) is 48.3. The van der Waals surface area contributed by atoms with Crippen LogP contribution < -0.4 is 0 Å². The molecule has 4 nitrogen and oxygen atoms in total. The van der Waals surface area contributed by atoms with E-state index in [0.29, 0.717) is 0 Å². The van der Waals surface area contributed by atoms with E-state index in [1.165, 1.54) is 193 Å². The Labute approximate surface area is 392 Å². The highest BCUT2D eigenvalue weighted by molar-refractivity contribution is 4.88. The normalized spacial score (nSPS) is 13.7. The van der Waals surface area contributed by atoms with E-state index in [-0.39, 0.29) is 11.7 Å². The molecule has 0 spiro atoms. The topological polar surface area (TPSA) is 36.9 Å². The molecule has 0 amide bonds. The highest BCUT2D eigenvalue weighted by Crippen LogP contribution is 2.43. The summed E-state index contributed by atoms with van der Waals surface area (Å²) in [4.78, 5) is 0. The van der Waals surface area contributed by atoms with Crippen LogP contribution in [0.15, 0.2) is 0 Å². The molecule has 1 unspecified atom stereocenters. The van der Waals surface area contributed by atoms with Gasteiger partial charge < -0.3 is 18.9 Å². The average molecular weight is 880 g/mol. The molecule has 0 fully saturated rings. The third-order valence-electron chi connectivity index (χ3n) is 13.5. The molecule has 0 saturated heterocycles. The van der Waals surface area contributed by atoms with Gasteiger partial charge in [-0.3, -0.25) is 0 Å². The minimum absolute atomic E-state index is 0.328. The van der Waals surface area contributed by atoms with Crippen molar-refractivity contribution < 1.29 is 18.9 Å². The van der Waals surface area contributed by atoms with Gasteiger partial charge in [0.25, 0.3) is 0 Å². The summed E-state index contributed by atoms with van der Waals surface area (Å²) in [6, 6.07) is 0. The minimum Gasteiger partial charge on any atom is -0.364 e. The fraction of sp³-hybridized carbons (Fsp3) is 1.00. The molecular weight excluding hydrogens is 761 g/mol. The lowest BCUT2D eigenvalue weighted by atomic mass is 9.95. The molecule has 0 aliphatic heterocycles. The molecule has 0 bridgehead atoms. The molecule has 0 aliphatic rings. The summed E-state index contributed by atoms with van der Waals surface area (Å²) < 4.78 is 30.7. The van der Waals surface area contributed by atoms with E-state index in [9.17, 15) is 0 Å². The van der Waals surface area contributed by atoms with Gasteiger partial charge in [-0.1, -0.05) is 253 Å². The van der Waals surface area contributed by atoms with Crippen molar-refractivity contribution >= 4 is 0 Å². The van der Waals surface area contributed by atoms with Gasteiger partial charge in [0.2, 0.25) is 0 Å². The summed E-state index contributed by atoms with van der Waals surface area (Å²) in [5.74, 6) is -1.33.